The van der Waals surface area contributed by atoms with Crippen molar-refractivity contribution in [1.82, 2.24) is 0 Å². The SMILES string of the molecule is C.[2H]C([2H])([2H])C(c1cc(C(C)(C)C)cc(C(C([2H])([2H])[2H])(C([2H])([2H])[2H])C([2H])([2H])[2H])c1O)(C([2H])([2H])[2H])C([2H])([2H])[2H].[2H]Oc1c([2H])cc(C(C)(C)C)cc1[2H].[2H]c1cc(C(C)(C)C)cc(C(C([2H])([2H])[2H])(C([2H])([2H])[2H])C([2H])([2H])[2H])c1O. The molecule has 3 heteroatoms. The average Bonchev–Trinajstić information content (AvgIpc) is 3.09. The van der Waals surface area contributed by atoms with Crippen LogP contribution in [0.25, 0.3) is 0 Å². The number of hydrogen-bond donors (Lipinski definition) is 3. The van der Waals surface area contributed by atoms with E-state index in [-0.39, 0.29) is 36.2 Å². The van der Waals surface area contributed by atoms with E-state index < -0.39 is 123 Å². The van der Waals surface area contributed by atoms with Gasteiger partial charge < -0.3 is 15.3 Å². The Hall–Kier alpha value is -2.94. The number of phenolic OH excluding ortho intramolecular Hbond substituents is 3. The second-order valence-electron chi connectivity index (χ2n) is 13.9. The molecule has 0 aliphatic rings. The van der Waals surface area contributed by atoms with E-state index in [2.05, 4.69) is 5.11 Å². The molecule has 3 nitrogen and oxygen atoms in total. The highest BCUT2D eigenvalue weighted by Crippen LogP contribution is 2.42. The van der Waals surface area contributed by atoms with Crippen molar-refractivity contribution in [3.05, 3.63) is 87.9 Å². The molecule has 0 bridgehead atoms. The Morgan fingerprint density at radius 2 is 0.848 bits per heavy atom. The quantitative estimate of drug-likeness (QED) is 0.242. The first kappa shape index (κ1) is 14.3. The predicted octanol–water partition coefficient (Wildman–Crippen LogP) is 12.6. The molecule has 3 N–H and O–H groups in total. The van der Waals surface area contributed by atoms with Gasteiger partial charge in [0.25, 0.3) is 1.43 Å². The fraction of sp³-hybridized carbons (Fsp3) is 0.581. The van der Waals surface area contributed by atoms with Crippen LogP contribution < -0.4 is 0 Å². The summed E-state index contributed by atoms with van der Waals surface area (Å²) < 4.78 is 243. The fourth-order valence-corrected chi connectivity index (χ4v) is 3.65. The topological polar surface area (TPSA) is 60.7 Å². The number of benzene rings is 3. The summed E-state index contributed by atoms with van der Waals surface area (Å²) >= 11 is 0. The molecule has 3 rings (SSSR count). The van der Waals surface area contributed by atoms with E-state index in [1.165, 1.54) is 26.8 Å². The van der Waals surface area contributed by atoms with Crippen molar-refractivity contribution in [2.45, 2.75) is 164 Å². The van der Waals surface area contributed by atoms with Crippen LogP contribution in [0.5, 0.6) is 17.2 Å². The van der Waals surface area contributed by atoms with Crippen molar-refractivity contribution in [2.75, 3.05) is 0 Å². The zero-order valence-electron chi connectivity index (χ0n) is 58.3. The molecule has 0 aliphatic heterocycles. The van der Waals surface area contributed by atoms with E-state index in [1.54, 1.807) is 32.9 Å². The van der Waals surface area contributed by atoms with E-state index >= 15 is 0 Å². The Morgan fingerprint density at radius 3 is 1.20 bits per heavy atom. The second kappa shape index (κ2) is 14.9. The maximum atomic E-state index is 11.3. The Kier molecular flexibility index (Phi) is 4.61. The maximum absolute atomic E-state index is 11.3. The van der Waals surface area contributed by atoms with Crippen molar-refractivity contribution >= 4 is 0 Å². The van der Waals surface area contributed by atoms with E-state index in [1.807, 2.05) is 20.8 Å². The molecular formula is C43H70O3. The van der Waals surface area contributed by atoms with Crippen molar-refractivity contribution < 1.29 is 56.4 Å². The molecule has 3 aromatic rings. The first-order valence-electron chi connectivity index (χ1n) is 29.3. The van der Waals surface area contributed by atoms with Crippen LogP contribution in [0.15, 0.2) is 54.5 Å². The minimum absolute atomic E-state index is 0. The van der Waals surface area contributed by atoms with Crippen molar-refractivity contribution in [3.8, 4) is 17.2 Å². The lowest BCUT2D eigenvalue weighted by Gasteiger charge is -2.31. The van der Waals surface area contributed by atoms with E-state index in [4.69, 9.17) is 42.6 Å². The zero-order valence-corrected chi connectivity index (χ0v) is 27.3. The molecule has 260 valence electrons. The molecule has 0 aliphatic carbocycles. The highest BCUT2D eigenvalue weighted by Gasteiger charge is 2.29. The molecule has 0 saturated carbocycles. The fourth-order valence-electron chi connectivity index (χ4n) is 3.65. The molecule has 0 unspecified atom stereocenters. The highest BCUT2D eigenvalue weighted by molar-refractivity contribution is 5.51. The van der Waals surface area contributed by atoms with Gasteiger partial charge in [-0.1, -0.05) is 168 Å². The summed E-state index contributed by atoms with van der Waals surface area (Å²) in [6.45, 7) is -18.2. The molecule has 0 spiro atoms. The largest absolute Gasteiger partial charge is 0.508 e. The minimum Gasteiger partial charge on any atom is -0.508 e. The summed E-state index contributed by atoms with van der Waals surface area (Å²) in [5.74, 6) is -2.59. The number of phenols is 3. The van der Waals surface area contributed by atoms with Crippen molar-refractivity contribution in [2.24, 2.45) is 0 Å². The standard InChI is InChI=1S/C18H30O.C14H22O.C10H14O.CH4/c1-16(2,3)12-10-13(17(4,5)6)15(19)14(11-12)18(7,8)9;1-13(2,3)10-7-8-12(15)11(9-10)14(4,5)6;1-10(2,3)8-4-6-9(11)7-5-8;/h10-11,19H,1-9H3;7-9,15H,1-6H3;4-7,11H,1-3H3;1H4/i4D3,5D3,6D3,7D3,8D3,9D3;4D3,5D3,6D3,8D;6D,7D;/hD. The van der Waals surface area contributed by atoms with Gasteiger partial charge in [0, 0.05) is 37.0 Å². The van der Waals surface area contributed by atoms with Crippen molar-refractivity contribution in [1.29, 1.82) is 1.43 Å². The minimum atomic E-state index is -3.91. The summed E-state index contributed by atoms with van der Waals surface area (Å²) in [4.78, 5) is 0. The molecule has 46 heavy (non-hydrogen) atoms. The first-order valence-corrected chi connectivity index (χ1v) is 13.9. The maximum Gasteiger partial charge on any atom is 0.293 e. The molecule has 0 heterocycles. The molecule has 0 radical (unpaired) electrons. The summed E-state index contributed by atoms with van der Waals surface area (Å²) in [5, 5.41) is 25.8. The lowest BCUT2D eigenvalue weighted by atomic mass is 9.75. The van der Waals surface area contributed by atoms with Gasteiger partial charge in [-0.05, 0) is 84.0 Å². The van der Waals surface area contributed by atoms with Crippen LogP contribution in [0.3, 0.4) is 0 Å². The molecular weight excluding hydrogens is 564 g/mol. The predicted molar refractivity (Wildman–Crippen MR) is 203 cm³/mol. The van der Waals surface area contributed by atoms with Gasteiger partial charge in [0.2, 0.25) is 0 Å². The van der Waals surface area contributed by atoms with Gasteiger partial charge in [-0.2, -0.15) is 0 Å². The van der Waals surface area contributed by atoms with Gasteiger partial charge in [0.05, 0.1) is 4.11 Å². The van der Waals surface area contributed by atoms with Crippen LogP contribution in [0, 0.1) is 0 Å². The molecule has 0 fully saturated rings. The van der Waals surface area contributed by atoms with Crippen LogP contribution in [0.1, 0.15) is 206 Å². The van der Waals surface area contributed by atoms with E-state index in [9.17, 15) is 10.2 Å². The summed E-state index contributed by atoms with van der Waals surface area (Å²) in [5.41, 5.74) is -15.3. The van der Waals surface area contributed by atoms with Gasteiger partial charge in [-0.25, -0.2) is 0 Å². The summed E-state index contributed by atoms with van der Waals surface area (Å²) in [7, 11) is 0. The smallest absolute Gasteiger partial charge is 0.293 e. The Balaban J connectivity index is 0.00000124. The molecule has 0 atom stereocenters. The monoisotopic (exact) mass is 666 g/mol. The van der Waals surface area contributed by atoms with Gasteiger partial charge in [0.1, 0.15) is 17.2 Å². The average molecular weight is 666 g/mol. The summed E-state index contributed by atoms with van der Waals surface area (Å²) in [6, 6.07) is 6.78. The van der Waals surface area contributed by atoms with Gasteiger partial charge >= 0.3 is 0 Å². The van der Waals surface area contributed by atoms with Gasteiger partial charge in [0.15, 0.2) is 0 Å². The summed E-state index contributed by atoms with van der Waals surface area (Å²) in [6.07, 6.45) is 0. The second-order valence-corrected chi connectivity index (χ2v) is 13.9. The number of rotatable bonds is 1. The molecule has 0 amide bonds. The van der Waals surface area contributed by atoms with Gasteiger partial charge in [-0.15, -0.1) is 0 Å². The van der Waals surface area contributed by atoms with Crippen LogP contribution in [-0.2, 0) is 32.5 Å². The third kappa shape index (κ3) is 12.7. The third-order valence-corrected chi connectivity index (χ3v) is 6.56. The Bertz CT molecular complexity index is 2300. The zero-order chi connectivity index (χ0) is 61.4. The highest BCUT2D eigenvalue weighted by atomic mass is 16.3. The van der Waals surface area contributed by atoms with E-state index in [0.29, 0.717) is 5.56 Å². The Labute approximate surface area is 328 Å². The van der Waals surface area contributed by atoms with Crippen LogP contribution in [-0.4, -0.2) is 16.8 Å². The molecule has 3 aromatic carbocycles. The van der Waals surface area contributed by atoms with Gasteiger partial charge in [-0.3, -0.25) is 0 Å². The molecule has 0 aromatic heterocycles. The third-order valence-electron chi connectivity index (χ3n) is 6.56. The van der Waals surface area contributed by atoms with Crippen LogP contribution >= 0.6 is 0 Å². The first-order chi connectivity index (χ1) is 32.9. The lowest BCUT2D eigenvalue weighted by molar-refractivity contribution is 0.420. The number of hydrogen-bond acceptors (Lipinski definition) is 3. The van der Waals surface area contributed by atoms with Crippen molar-refractivity contribution in [3.63, 3.8) is 0 Å². The lowest BCUT2D eigenvalue weighted by Crippen LogP contribution is -2.21. The normalized spacial score (nSPS) is 24.9. The molecule has 0 saturated heterocycles. The van der Waals surface area contributed by atoms with Crippen LogP contribution in [0.4, 0.5) is 0 Å². The Morgan fingerprint density at radius 1 is 0.500 bits per heavy atom. The number of aromatic hydroxyl groups is 3. The van der Waals surface area contributed by atoms with Crippen LogP contribution in [0.2, 0.25) is 0 Å². The van der Waals surface area contributed by atoms with E-state index in [0.717, 1.165) is 23.8 Å².